The first-order chi connectivity index (χ1) is 6.29. The minimum absolute atomic E-state index is 0.120. The van der Waals surface area contributed by atoms with Crippen LogP contribution in [0.15, 0.2) is 30.3 Å². The summed E-state index contributed by atoms with van der Waals surface area (Å²) >= 11 is 0. The lowest BCUT2D eigenvalue weighted by Gasteiger charge is -2.12. The summed E-state index contributed by atoms with van der Waals surface area (Å²) in [5.74, 6) is 0. The molecule has 3 unspecified atom stereocenters. The SMILES string of the molecule is CC1NNC(c2ccccc2)C1F. The zero-order valence-electron chi connectivity index (χ0n) is 7.50. The van der Waals surface area contributed by atoms with E-state index in [-0.39, 0.29) is 12.1 Å². The minimum Gasteiger partial charge on any atom is -0.251 e. The number of benzene rings is 1. The van der Waals surface area contributed by atoms with Crippen molar-refractivity contribution < 1.29 is 4.39 Å². The molecule has 1 fully saturated rings. The highest BCUT2D eigenvalue weighted by atomic mass is 19.1. The monoisotopic (exact) mass is 180 g/mol. The van der Waals surface area contributed by atoms with Crippen molar-refractivity contribution in [2.24, 2.45) is 0 Å². The number of halogens is 1. The van der Waals surface area contributed by atoms with Gasteiger partial charge in [-0.1, -0.05) is 30.3 Å². The molecule has 1 aliphatic heterocycles. The van der Waals surface area contributed by atoms with Crippen molar-refractivity contribution in [2.75, 3.05) is 0 Å². The molecule has 0 radical (unpaired) electrons. The highest BCUT2D eigenvalue weighted by Gasteiger charge is 2.33. The van der Waals surface area contributed by atoms with E-state index in [0.717, 1.165) is 5.56 Å². The maximum absolute atomic E-state index is 13.5. The van der Waals surface area contributed by atoms with Crippen LogP contribution in [0.5, 0.6) is 0 Å². The second-order valence-corrected chi connectivity index (χ2v) is 3.41. The summed E-state index contributed by atoms with van der Waals surface area (Å²) in [4.78, 5) is 0. The number of hydrazine groups is 1. The van der Waals surface area contributed by atoms with Crippen molar-refractivity contribution in [3.05, 3.63) is 35.9 Å². The predicted octanol–water partition coefficient (Wildman–Crippen LogP) is 1.56. The van der Waals surface area contributed by atoms with Crippen molar-refractivity contribution in [3.63, 3.8) is 0 Å². The first-order valence-electron chi connectivity index (χ1n) is 4.49. The molecule has 2 nitrogen and oxygen atoms in total. The van der Waals surface area contributed by atoms with Gasteiger partial charge in [0, 0.05) is 0 Å². The largest absolute Gasteiger partial charge is 0.251 e. The topological polar surface area (TPSA) is 24.1 Å². The Balaban J connectivity index is 2.19. The summed E-state index contributed by atoms with van der Waals surface area (Å²) in [6.45, 7) is 1.83. The predicted molar refractivity (Wildman–Crippen MR) is 49.8 cm³/mol. The van der Waals surface area contributed by atoms with Gasteiger partial charge >= 0.3 is 0 Å². The first kappa shape index (κ1) is 8.66. The molecule has 1 aliphatic rings. The van der Waals surface area contributed by atoms with Gasteiger partial charge in [0.15, 0.2) is 0 Å². The van der Waals surface area contributed by atoms with Crippen LogP contribution in [0, 0.1) is 0 Å². The van der Waals surface area contributed by atoms with Crippen LogP contribution in [0.4, 0.5) is 4.39 Å². The van der Waals surface area contributed by atoms with Crippen LogP contribution < -0.4 is 10.9 Å². The third-order valence-electron chi connectivity index (χ3n) is 2.42. The van der Waals surface area contributed by atoms with Crippen molar-refractivity contribution in [1.29, 1.82) is 0 Å². The van der Waals surface area contributed by atoms with E-state index in [1.807, 2.05) is 37.3 Å². The maximum atomic E-state index is 13.5. The molecular weight excluding hydrogens is 167 g/mol. The fraction of sp³-hybridized carbons (Fsp3) is 0.400. The number of hydrogen-bond donors (Lipinski definition) is 2. The molecule has 1 saturated heterocycles. The van der Waals surface area contributed by atoms with Gasteiger partial charge in [-0.2, -0.15) is 0 Å². The number of nitrogens with one attached hydrogen (secondary N) is 2. The maximum Gasteiger partial charge on any atom is 0.137 e. The summed E-state index contributed by atoms with van der Waals surface area (Å²) in [5, 5.41) is 0. The van der Waals surface area contributed by atoms with Crippen molar-refractivity contribution in [1.82, 2.24) is 10.9 Å². The first-order valence-corrected chi connectivity index (χ1v) is 4.49. The number of hydrogen-bond acceptors (Lipinski definition) is 2. The van der Waals surface area contributed by atoms with Gasteiger partial charge in [0.05, 0.1) is 12.1 Å². The Kier molecular flexibility index (Phi) is 2.29. The Morgan fingerprint density at radius 1 is 1.15 bits per heavy atom. The Hall–Kier alpha value is -0.930. The van der Waals surface area contributed by atoms with E-state index in [0.29, 0.717) is 0 Å². The van der Waals surface area contributed by atoms with Gasteiger partial charge in [0.1, 0.15) is 6.17 Å². The highest BCUT2D eigenvalue weighted by Crippen LogP contribution is 2.24. The number of alkyl halides is 1. The normalized spacial score (nSPS) is 33.5. The fourth-order valence-corrected chi connectivity index (χ4v) is 1.60. The van der Waals surface area contributed by atoms with Crippen LogP contribution in [-0.4, -0.2) is 12.2 Å². The quantitative estimate of drug-likeness (QED) is 0.685. The van der Waals surface area contributed by atoms with Gasteiger partial charge in [-0.15, -0.1) is 0 Å². The van der Waals surface area contributed by atoms with Crippen molar-refractivity contribution >= 4 is 0 Å². The minimum atomic E-state index is -0.859. The van der Waals surface area contributed by atoms with Crippen molar-refractivity contribution in [2.45, 2.75) is 25.2 Å². The molecule has 2 rings (SSSR count). The molecule has 3 atom stereocenters. The van der Waals surface area contributed by atoms with Gasteiger partial charge in [0.2, 0.25) is 0 Å². The molecular formula is C10H13FN2. The van der Waals surface area contributed by atoms with Gasteiger partial charge < -0.3 is 0 Å². The molecule has 0 bridgehead atoms. The smallest absolute Gasteiger partial charge is 0.137 e. The summed E-state index contributed by atoms with van der Waals surface area (Å²) in [6, 6.07) is 9.32. The lowest BCUT2D eigenvalue weighted by Crippen LogP contribution is -2.29. The molecule has 13 heavy (non-hydrogen) atoms. The van der Waals surface area contributed by atoms with Gasteiger partial charge in [-0.3, -0.25) is 5.43 Å². The average Bonchev–Trinajstić information content (AvgIpc) is 2.49. The molecule has 0 amide bonds. The Morgan fingerprint density at radius 2 is 1.85 bits per heavy atom. The second-order valence-electron chi connectivity index (χ2n) is 3.41. The molecule has 0 saturated carbocycles. The Bertz CT molecular complexity index is 276. The third-order valence-corrected chi connectivity index (χ3v) is 2.42. The van der Waals surface area contributed by atoms with Crippen LogP contribution in [0.2, 0.25) is 0 Å². The van der Waals surface area contributed by atoms with E-state index in [2.05, 4.69) is 10.9 Å². The zero-order chi connectivity index (χ0) is 9.26. The van der Waals surface area contributed by atoms with Gasteiger partial charge in [-0.25, -0.2) is 9.82 Å². The third kappa shape index (κ3) is 1.57. The lowest BCUT2D eigenvalue weighted by molar-refractivity contribution is 0.284. The van der Waals surface area contributed by atoms with Gasteiger partial charge in [0.25, 0.3) is 0 Å². The van der Waals surface area contributed by atoms with E-state index >= 15 is 0 Å². The van der Waals surface area contributed by atoms with E-state index in [1.54, 1.807) is 0 Å². The summed E-state index contributed by atoms with van der Waals surface area (Å²) in [5.41, 5.74) is 6.83. The van der Waals surface area contributed by atoms with Crippen LogP contribution in [-0.2, 0) is 0 Å². The summed E-state index contributed by atoms with van der Waals surface area (Å²) < 4.78 is 13.5. The highest BCUT2D eigenvalue weighted by molar-refractivity contribution is 5.21. The van der Waals surface area contributed by atoms with Crippen LogP contribution >= 0.6 is 0 Å². The molecule has 70 valence electrons. The van der Waals surface area contributed by atoms with Crippen LogP contribution in [0.25, 0.3) is 0 Å². The zero-order valence-corrected chi connectivity index (χ0v) is 7.50. The van der Waals surface area contributed by atoms with Crippen molar-refractivity contribution in [3.8, 4) is 0 Å². The molecule has 1 aromatic rings. The van der Waals surface area contributed by atoms with Crippen LogP contribution in [0.1, 0.15) is 18.5 Å². The van der Waals surface area contributed by atoms with E-state index in [9.17, 15) is 4.39 Å². The molecule has 3 heteroatoms. The molecule has 2 N–H and O–H groups in total. The summed E-state index contributed by atoms with van der Waals surface area (Å²) in [6.07, 6.45) is -0.859. The molecule has 1 heterocycles. The summed E-state index contributed by atoms with van der Waals surface area (Å²) in [7, 11) is 0. The molecule has 0 aliphatic carbocycles. The van der Waals surface area contributed by atoms with E-state index in [1.165, 1.54) is 0 Å². The molecule has 1 aromatic carbocycles. The standard InChI is InChI=1S/C10H13FN2/c1-7-9(11)10(13-12-7)8-5-3-2-4-6-8/h2-7,9-10,12-13H,1H3. The van der Waals surface area contributed by atoms with E-state index in [4.69, 9.17) is 0 Å². The Morgan fingerprint density at radius 3 is 2.38 bits per heavy atom. The van der Waals surface area contributed by atoms with E-state index < -0.39 is 6.17 Å². The average molecular weight is 180 g/mol. The van der Waals surface area contributed by atoms with Crippen LogP contribution in [0.3, 0.4) is 0 Å². The number of rotatable bonds is 1. The molecule has 0 aromatic heterocycles. The Labute approximate surface area is 77.1 Å². The fourth-order valence-electron chi connectivity index (χ4n) is 1.60. The lowest BCUT2D eigenvalue weighted by atomic mass is 10.0. The van der Waals surface area contributed by atoms with Gasteiger partial charge in [-0.05, 0) is 12.5 Å². The molecule has 0 spiro atoms. The second kappa shape index (κ2) is 3.44.